The first-order valence-corrected chi connectivity index (χ1v) is 8.41. The van der Waals surface area contributed by atoms with Crippen LogP contribution in [0.25, 0.3) is 0 Å². The van der Waals surface area contributed by atoms with Crippen molar-refractivity contribution in [3.05, 3.63) is 73.8 Å². The molecule has 1 N–H and O–H groups in total. The van der Waals surface area contributed by atoms with E-state index in [2.05, 4.69) is 5.32 Å². The number of hydrogen-bond donors (Lipinski definition) is 1. The van der Waals surface area contributed by atoms with Gasteiger partial charge in [-0.1, -0.05) is 0 Å². The minimum absolute atomic E-state index is 0.141. The summed E-state index contributed by atoms with van der Waals surface area (Å²) in [7, 11) is 0. The molecule has 0 aliphatic carbocycles. The maximum Gasteiger partial charge on any atom is 0.277 e. The lowest BCUT2D eigenvalue weighted by molar-refractivity contribution is -0.394. The maximum atomic E-state index is 12.4. The standard InChI is InChI=1S/C18H18N4O6/c1-3-20(4-2)18(24)12-5-7-14(8-6-12)19-17(23)13-9-15(21(25)26)11-16(10-13)22(27)28/h5-11H,3-4H2,1-2H3,(H,19,23). The number of benzene rings is 2. The zero-order valence-corrected chi connectivity index (χ0v) is 15.2. The quantitative estimate of drug-likeness (QED) is 0.573. The second-order valence-corrected chi connectivity index (χ2v) is 5.76. The van der Waals surface area contributed by atoms with Gasteiger partial charge < -0.3 is 10.2 Å². The Morgan fingerprint density at radius 3 is 1.82 bits per heavy atom. The summed E-state index contributed by atoms with van der Waals surface area (Å²) in [4.78, 5) is 46.5. The van der Waals surface area contributed by atoms with E-state index in [1.807, 2.05) is 13.8 Å². The Labute approximate surface area is 160 Å². The molecule has 0 atom stereocenters. The summed E-state index contributed by atoms with van der Waals surface area (Å²) in [6.45, 7) is 4.88. The summed E-state index contributed by atoms with van der Waals surface area (Å²) in [6.07, 6.45) is 0. The average molecular weight is 386 g/mol. The lowest BCUT2D eigenvalue weighted by Crippen LogP contribution is -2.30. The molecule has 0 aromatic heterocycles. The second-order valence-electron chi connectivity index (χ2n) is 5.76. The fraction of sp³-hybridized carbons (Fsp3) is 0.222. The smallest absolute Gasteiger partial charge is 0.277 e. The van der Waals surface area contributed by atoms with E-state index in [0.717, 1.165) is 18.2 Å². The Balaban J connectivity index is 2.22. The maximum absolute atomic E-state index is 12.4. The topological polar surface area (TPSA) is 136 Å². The third-order valence-electron chi connectivity index (χ3n) is 4.03. The van der Waals surface area contributed by atoms with E-state index >= 15 is 0 Å². The fourth-order valence-corrected chi connectivity index (χ4v) is 2.53. The van der Waals surface area contributed by atoms with Gasteiger partial charge in [0.25, 0.3) is 23.2 Å². The summed E-state index contributed by atoms with van der Waals surface area (Å²) in [6, 6.07) is 8.82. The molecule has 2 aromatic rings. The van der Waals surface area contributed by atoms with Crippen LogP contribution in [-0.2, 0) is 0 Å². The highest BCUT2D eigenvalue weighted by Crippen LogP contribution is 2.23. The number of carbonyl (C=O) groups excluding carboxylic acids is 2. The van der Waals surface area contributed by atoms with Crippen molar-refractivity contribution in [2.45, 2.75) is 13.8 Å². The van der Waals surface area contributed by atoms with Crippen molar-refractivity contribution in [3.8, 4) is 0 Å². The molecule has 0 bridgehead atoms. The Kier molecular flexibility index (Phi) is 6.38. The molecule has 10 heteroatoms. The summed E-state index contributed by atoms with van der Waals surface area (Å²) < 4.78 is 0. The van der Waals surface area contributed by atoms with Crippen molar-refractivity contribution < 1.29 is 19.4 Å². The van der Waals surface area contributed by atoms with E-state index in [4.69, 9.17) is 0 Å². The Bertz CT molecular complexity index is 890. The minimum Gasteiger partial charge on any atom is -0.339 e. The Morgan fingerprint density at radius 2 is 1.39 bits per heavy atom. The van der Waals surface area contributed by atoms with Crippen LogP contribution in [0.4, 0.5) is 17.1 Å². The van der Waals surface area contributed by atoms with E-state index in [-0.39, 0.29) is 11.5 Å². The molecule has 2 amide bonds. The molecule has 0 fully saturated rings. The number of amides is 2. The normalized spacial score (nSPS) is 10.2. The van der Waals surface area contributed by atoms with E-state index in [1.54, 1.807) is 17.0 Å². The number of non-ortho nitro benzene ring substituents is 2. The zero-order chi connectivity index (χ0) is 20.8. The lowest BCUT2D eigenvalue weighted by Gasteiger charge is -2.18. The number of nitrogens with one attached hydrogen (secondary N) is 1. The van der Waals surface area contributed by atoms with E-state index in [9.17, 15) is 29.8 Å². The van der Waals surface area contributed by atoms with Crippen molar-refractivity contribution in [1.82, 2.24) is 4.90 Å². The molecule has 2 aromatic carbocycles. The summed E-state index contributed by atoms with van der Waals surface area (Å²) in [5, 5.41) is 24.4. The van der Waals surface area contributed by atoms with Gasteiger partial charge in [0.1, 0.15) is 0 Å². The van der Waals surface area contributed by atoms with Gasteiger partial charge in [0.05, 0.1) is 21.5 Å². The summed E-state index contributed by atoms with van der Waals surface area (Å²) >= 11 is 0. The molecular weight excluding hydrogens is 368 g/mol. The van der Waals surface area contributed by atoms with Crippen LogP contribution in [0.15, 0.2) is 42.5 Å². The van der Waals surface area contributed by atoms with Crippen LogP contribution in [0.3, 0.4) is 0 Å². The molecule has 10 nitrogen and oxygen atoms in total. The van der Waals surface area contributed by atoms with E-state index in [1.165, 1.54) is 12.1 Å². The van der Waals surface area contributed by atoms with Crippen molar-refractivity contribution in [3.63, 3.8) is 0 Å². The third kappa shape index (κ3) is 4.67. The van der Waals surface area contributed by atoms with Crippen molar-refractivity contribution in [1.29, 1.82) is 0 Å². The monoisotopic (exact) mass is 386 g/mol. The first-order chi connectivity index (χ1) is 13.3. The van der Waals surface area contributed by atoms with Crippen molar-refractivity contribution in [2.75, 3.05) is 18.4 Å². The number of nitro benzene ring substituents is 2. The molecular formula is C18H18N4O6. The van der Waals surface area contributed by atoms with Gasteiger partial charge in [0, 0.05) is 36.5 Å². The van der Waals surface area contributed by atoms with Crippen LogP contribution in [0.2, 0.25) is 0 Å². The molecule has 0 aliphatic heterocycles. The molecule has 0 unspecified atom stereocenters. The van der Waals surface area contributed by atoms with Gasteiger partial charge >= 0.3 is 0 Å². The molecule has 0 saturated carbocycles. The van der Waals surface area contributed by atoms with Crippen LogP contribution in [0, 0.1) is 20.2 Å². The number of anilines is 1. The second kappa shape index (κ2) is 8.71. The van der Waals surface area contributed by atoms with E-state index < -0.39 is 27.1 Å². The highest BCUT2D eigenvalue weighted by atomic mass is 16.6. The zero-order valence-electron chi connectivity index (χ0n) is 15.2. The highest BCUT2D eigenvalue weighted by Gasteiger charge is 2.20. The van der Waals surface area contributed by atoms with Crippen LogP contribution < -0.4 is 5.32 Å². The lowest BCUT2D eigenvalue weighted by atomic mass is 10.1. The van der Waals surface area contributed by atoms with Gasteiger partial charge in [-0.05, 0) is 38.1 Å². The number of hydrogen-bond acceptors (Lipinski definition) is 6. The largest absolute Gasteiger partial charge is 0.339 e. The predicted molar refractivity (Wildman–Crippen MR) is 101 cm³/mol. The van der Waals surface area contributed by atoms with Crippen LogP contribution in [0.5, 0.6) is 0 Å². The number of nitrogens with zero attached hydrogens (tertiary/aromatic N) is 3. The minimum atomic E-state index is -0.808. The SMILES string of the molecule is CCN(CC)C(=O)c1ccc(NC(=O)c2cc([N+](=O)[O-])cc([N+](=O)[O-])c2)cc1. The Morgan fingerprint density at radius 1 is 0.893 bits per heavy atom. The number of nitro groups is 2. The molecule has 0 spiro atoms. The number of rotatable bonds is 7. The van der Waals surface area contributed by atoms with Gasteiger partial charge in [-0.25, -0.2) is 0 Å². The summed E-state index contributed by atoms with van der Waals surface area (Å²) in [5.41, 5.74) is -0.536. The molecule has 0 heterocycles. The molecule has 28 heavy (non-hydrogen) atoms. The molecule has 0 saturated heterocycles. The first-order valence-electron chi connectivity index (χ1n) is 8.41. The molecule has 2 rings (SSSR count). The molecule has 0 aliphatic rings. The first kappa shape index (κ1) is 20.5. The van der Waals surface area contributed by atoms with E-state index in [0.29, 0.717) is 24.3 Å². The highest BCUT2D eigenvalue weighted by molar-refractivity contribution is 6.05. The molecule has 146 valence electrons. The van der Waals surface area contributed by atoms with Gasteiger partial charge in [0.15, 0.2) is 0 Å². The summed E-state index contributed by atoms with van der Waals surface area (Å²) in [5.74, 6) is -0.883. The van der Waals surface area contributed by atoms with Crippen LogP contribution in [-0.4, -0.2) is 39.7 Å². The van der Waals surface area contributed by atoms with Crippen LogP contribution in [0.1, 0.15) is 34.6 Å². The van der Waals surface area contributed by atoms with Crippen molar-refractivity contribution >= 4 is 28.9 Å². The number of carbonyl (C=O) groups is 2. The van der Waals surface area contributed by atoms with Gasteiger partial charge in [-0.3, -0.25) is 29.8 Å². The third-order valence-corrected chi connectivity index (χ3v) is 4.03. The average Bonchev–Trinajstić information content (AvgIpc) is 2.68. The van der Waals surface area contributed by atoms with Crippen molar-refractivity contribution in [2.24, 2.45) is 0 Å². The Hall–Kier alpha value is -3.82. The van der Waals surface area contributed by atoms with Crippen LogP contribution >= 0.6 is 0 Å². The van der Waals surface area contributed by atoms with Gasteiger partial charge in [-0.2, -0.15) is 0 Å². The van der Waals surface area contributed by atoms with Gasteiger partial charge in [-0.15, -0.1) is 0 Å². The van der Waals surface area contributed by atoms with Gasteiger partial charge in [0.2, 0.25) is 0 Å². The predicted octanol–water partition coefficient (Wildman–Crippen LogP) is 3.24. The fourth-order valence-electron chi connectivity index (χ4n) is 2.53. The molecule has 0 radical (unpaired) electrons.